The Morgan fingerprint density at radius 2 is 1.81 bits per heavy atom. The zero-order valence-electron chi connectivity index (χ0n) is 14.2. The topological polar surface area (TPSA) is 101 Å². The quantitative estimate of drug-likeness (QED) is 0.864. The SMILES string of the molecule is CCn1cc(NC(=O)c2ccc(N3NC(=O)CCC3=O)cc2)ccc1=O. The number of aryl methyl sites for hydroxylation is 1. The highest BCUT2D eigenvalue weighted by Crippen LogP contribution is 2.18. The third-order valence-electron chi connectivity index (χ3n) is 4.02. The number of amides is 3. The van der Waals surface area contributed by atoms with Crippen LogP contribution in [0.15, 0.2) is 47.4 Å². The monoisotopic (exact) mass is 354 g/mol. The summed E-state index contributed by atoms with van der Waals surface area (Å²) in [7, 11) is 0. The molecule has 0 radical (unpaired) electrons. The van der Waals surface area contributed by atoms with Crippen molar-refractivity contribution in [3.05, 3.63) is 58.5 Å². The van der Waals surface area contributed by atoms with Crippen LogP contribution in [0, 0.1) is 0 Å². The van der Waals surface area contributed by atoms with Gasteiger partial charge in [-0.15, -0.1) is 0 Å². The van der Waals surface area contributed by atoms with Crippen LogP contribution in [0.25, 0.3) is 0 Å². The molecule has 0 atom stereocenters. The van der Waals surface area contributed by atoms with E-state index in [0.29, 0.717) is 23.5 Å². The molecule has 8 nitrogen and oxygen atoms in total. The maximum absolute atomic E-state index is 12.4. The highest BCUT2D eigenvalue weighted by molar-refractivity contribution is 6.05. The standard InChI is InChI=1S/C18H18N4O4/c1-2-21-11-13(5-9-16(21)24)19-18(26)12-3-6-14(7-4-12)22-17(25)10-8-15(23)20-22/h3-7,9,11H,2,8,10H2,1H3,(H,19,26)(H,20,23). The maximum atomic E-state index is 12.4. The number of nitrogens with zero attached hydrogens (tertiary/aromatic N) is 2. The van der Waals surface area contributed by atoms with E-state index in [4.69, 9.17) is 0 Å². The minimum atomic E-state index is -0.341. The van der Waals surface area contributed by atoms with Crippen LogP contribution in [-0.2, 0) is 16.1 Å². The highest BCUT2D eigenvalue weighted by atomic mass is 16.2. The van der Waals surface area contributed by atoms with Crippen molar-refractivity contribution in [1.29, 1.82) is 0 Å². The lowest BCUT2D eigenvalue weighted by atomic mass is 10.1. The number of hydrazine groups is 1. The van der Waals surface area contributed by atoms with Gasteiger partial charge in [0.05, 0.1) is 11.4 Å². The lowest BCUT2D eigenvalue weighted by Gasteiger charge is -2.27. The number of benzene rings is 1. The average Bonchev–Trinajstić information content (AvgIpc) is 2.65. The predicted octanol–water partition coefficient (Wildman–Crippen LogP) is 1.28. The number of aromatic nitrogens is 1. The first kappa shape index (κ1) is 17.4. The molecule has 0 spiro atoms. The summed E-state index contributed by atoms with van der Waals surface area (Å²) in [4.78, 5) is 47.3. The zero-order valence-corrected chi connectivity index (χ0v) is 14.2. The molecule has 1 fully saturated rings. The fourth-order valence-corrected chi connectivity index (χ4v) is 2.60. The number of rotatable bonds is 4. The highest BCUT2D eigenvalue weighted by Gasteiger charge is 2.24. The van der Waals surface area contributed by atoms with Crippen molar-refractivity contribution < 1.29 is 14.4 Å². The molecule has 0 bridgehead atoms. The summed E-state index contributed by atoms with van der Waals surface area (Å²) in [6.45, 7) is 2.35. The van der Waals surface area contributed by atoms with E-state index < -0.39 is 0 Å². The van der Waals surface area contributed by atoms with E-state index in [1.54, 1.807) is 36.5 Å². The molecule has 2 aromatic rings. The fraction of sp³-hybridized carbons (Fsp3) is 0.222. The van der Waals surface area contributed by atoms with Crippen molar-refractivity contribution in [1.82, 2.24) is 9.99 Å². The van der Waals surface area contributed by atoms with E-state index in [9.17, 15) is 19.2 Å². The van der Waals surface area contributed by atoms with Crippen LogP contribution in [-0.4, -0.2) is 22.3 Å². The van der Waals surface area contributed by atoms with Crippen molar-refractivity contribution in [2.24, 2.45) is 0 Å². The molecule has 1 aromatic heterocycles. The van der Waals surface area contributed by atoms with Gasteiger partial charge in [0.15, 0.2) is 0 Å². The molecule has 0 unspecified atom stereocenters. The molecule has 1 aliphatic rings. The summed E-state index contributed by atoms with van der Waals surface area (Å²) < 4.78 is 1.49. The van der Waals surface area contributed by atoms with E-state index in [1.807, 2.05) is 6.92 Å². The van der Waals surface area contributed by atoms with Gasteiger partial charge in [0.2, 0.25) is 11.8 Å². The summed E-state index contributed by atoms with van der Waals surface area (Å²) in [6, 6.07) is 9.25. The van der Waals surface area contributed by atoms with E-state index in [2.05, 4.69) is 10.7 Å². The molecule has 26 heavy (non-hydrogen) atoms. The molecular formula is C18H18N4O4. The second-order valence-electron chi connectivity index (χ2n) is 5.81. The first-order valence-corrected chi connectivity index (χ1v) is 8.22. The van der Waals surface area contributed by atoms with Crippen LogP contribution in [0.1, 0.15) is 30.1 Å². The zero-order chi connectivity index (χ0) is 18.7. The maximum Gasteiger partial charge on any atom is 0.255 e. The predicted molar refractivity (Wildman–Crippen MR) is 95.6 cm³/mol. The molecule has 0 aliphatic carbocycles. The van der Waals surface area contributed by atoms with Gasteiger partial charge in [0, 0.05) is 37.2 Å². The third-order valence-corrected chi connectivity index (χ3v) is 4.02. The Morgan fingerprint density at radius 1 is 1.08 bits per heavy atom. The molecule has 8 heteroatoms. The molecule has 1 aromatic carbocycles. The van der Waals surface area contributed by atoms with E-state index in [1.165, 1.54) is 15.6 Å². The van der Waals surface area contributed by atoms with Gasteiger partial charge in [0.1, 0.15) is 0 Å². The molecule has 2 heterocycles. The fourth-order valence-electron chi connectivity index (χ4n) is 2.60. The number of pyridine rings is 1. The lowest BCUT2D eigenvalue weighted by Crippen LogP contribution is -2.50. The van der Waals surface area contributed by atoms with Gasteiger partial charge in [-0.2, -0.15) is 0 Å². The number of nitrogens with one attached hydrogen (secondary N) is 2. The average molecular weight is 354 g/mol. The molecule has 134 valence electrons. The molecular weight excluding hydrogens is 336 g/mol. The minimum absolute atomic E-state index is 0.136. The number of hydrogen-bond donors (Lipinski definition) is 2. The van der Waals surface area contributed by atoms with Gasteiger partial charge >= 0.3 is 0 Å². The lowest BCUT2D eigenvalue weighted by molar-refractivity contribution is -0.130. The van der Waals surface area contributed by atoms with Crippen molar-refractivity contribution in [3.8, 4) is 0 Å². The number of anilines is 2. The van der Waals surface area contributed by atoms with Crippen LogP contribution in [0.5, 0.6) is 0 Å². The Bertz CT molecular complexity index is 918. The summed E-state index contributed by atoms with van der Waals surface area (Å²) in [5, 5.41) is 3.91. The molecule has 3 amide bonds. The Balaban J connectivity index is 1.74. The van der Waals surface area contributed by atoms with Crippen LogP contribution in [0.2, 0.25) is 0 Å². The van der Waals surface area contributed by atoms with Crippen LogP contribution in [0.4, 0.5) is 11.4 Å². The molecule has 1 aliphatic heterocycles. The Kier molecular flexibility index (Phi) is 4.83. The van der Waals surface area contributed by atoms with Gasteiger partial charge in [-0.25, -0.2) is 5.01 Å². The minimum Gasteiger partial charge on any atom is -0.321 e. The van der Waals surface area contributed by atoms with Gasteiger partial charge in [-0.1, -0.05) is 0 Å². The smallest absolute Gasteiger partial charge is 0.255 e. The van der Waals surface area contributed by atoms with Crippen molar-refractivity contribution in [2.45, 2.75) is 26.3 Å². The van der Waals surface area contributed by atoms with Gasteiger partial charge in [-0.3, -0.25) is 24.6 Å². The summed E-state index contributed by atoms with van der Waals surface area (Å²) >= 11 is 0. The van der Waals surface area contributed by atoms with Crippen molar-refractivity contribution in [3.63, 3.8) is 0 Å². The summed E-state index contributed by atoms with van der Waals surface area (Å²) in [5.41, 5.74) is 3.75. The van der Waals surface area contributed by atoms with E-state index >= 15 is 0 Å². The normalized spacial score (nSPS) is 14.1. The Morgan fingerprint density at radius 3 is 2.50 bits per heavy atom. The summed E-state index contributed by atoms with van der Waals surface area (Å²) in [5.74, 6) is -0.770. The second-order valence-corrected chi connectivity index (χ2v) is 5.81. The van der Waals surface area contributed by atoms with Gasteiger partial charge < -0.3 is 9.88 Å². The molecule has 2 N–H and O–H groups in total. The van der Waals surface area contributed by atoms with Crippen LogP contribution >= 0.6 is 0 Å². The van der Waals surface area contributed by atoms with E-state index in [0.717, 1.165) is 0 Å². The second kappa shape index (κ2) is 7.22. The number of carbonyl (C=O) groups is 3. The molecule has 3 rings (SSSR count). The largest absolute Gasteiger partial charge is 0.321 e. The first-order chi connectivity index (χ1) is 12.5. The van der Waals surface area contributed by atoms with Crippen LogP contribution < -0.4 is 21.3 Å². The number of carbonyl (C=O) groups excluding carboxylic acids is 3. The summed E-state index contributed by atoms with van der Waals surface area (Å²) in [6.07, 6.45) is 1.91. The number of hydrogen-bond acceptors (Lipinski definition) is 4. The molecule has 0 saturated carbocycles. The van der Waals surface area contributed by atoms with Crippen molar-refractivity contribution >= 4 is 29.1 Å². The first-order valence-electron chi connectivity index (χ1n) is 8.22. The van der Waals surface area contributed by atoms with Gasteiger partial charge in [0.25, 0.3) is 11.5 Å². The Hall–Kier alpha value is -3.42. The molecule has 1 saturated heterocycles. The van der Waals surface area contributed by atoms with E-state index in [-0.39, 0.29) is 36.1 Å². The Labute approximate surface area is 149 Å². The third kappa shape index (κ3) is 3.64. The van der Waals surface area contributed by atoms with Gasteiger partial charge in [-0.05, 0) is 37.3 Å². The van der Waals surface area contributed by atoms with Crippen molar-refractivity contribution in [2.75, 3.05) is 10.3 Å². The van der Waals surface area contributed by atoms with Crippen LogP contribution in [0.3, 0.4) is 0 Å².